The summed E-state index contributed by atoms with van der Waals surface area (Å²) < 4.78 is 5.23. The minimum atomic E-state index is -0.846. The topological polar surface area (TPSA) is 58.6 Å². The highest BCUT2D eigenvalue weighted by Crippen LogP contribution is 2.20. The van der Waals surface area contributed by atoms with Crippen molar-refractivity contribution in [3.05, 3.63) is 54.1 Å². The number of hydrogen-bond donors (Lipinski definition) is 2. The molecule has 1 heterocycles. The third kappa shape index (κ3) is 3.97. The predicted octanol–water partition coefficient (Wildman–Crippen LogP) is 2.51. The lowest BCUT2D eigenvalue weighted by Gasteiger charge is -2.31. The van der Waals surface area contributed by atoms with E-state index in [0.29, 0.717) is 26.1 Å². The summed E-state index contributed by atoms with van der Waals surface area (Å²) >= 11 is 0. The number of carbonyl (C=O) groups excluding carboxylic acids is 1. The van der Waals surface area contributed by atoms with Gasteiger partial charge in [-0.2, -0.15) is 0 Å². The zero-order valence-electron chi connectivity index (χ0n) is 13.0. The van der Waals surface area contributed by atoms with Gasteiger partial charge in [0.2, 0.25) is 5.91 Å². The fourth-order valence-corrected chi connectivity index (χ4v) is 2.80. The van der Waals surface area contributed by atoms with Crippen LogP contribution in [-0.2, 0) is 9.53 Å². The van der Waals surface area contributed by atoms with E-state index in [0.717, 1.165) is 16.3 Å². The van der Waals surface area contributed by atoms with Crippen molar-refractivity contribution < 1.29 is 14.6 Å². The van der Waals surface area contributed by atoms with Crippen LogP contribution in [0, 0.1) is 0 Å². The third-order valence-electron chi connectivity index (χ3n) is 4.25. The van der Waals surface area contributed by atoms with E-state index in [2.05, 4.69) is 5.32 Å². The standard InChI is InChI=1S/C19H21NO3/c21-18(20-14-19(22)10-12-23-13-11-19)9-8-16-6-3-5-15-4-1-2-7-17(15)16/h1-9,22H,10-14H2,(H,20,21). The number of fused-ring (bicyclic) bond motifs is 1. The first-order valence-corrected chi connectivity index (χ1v) is 7.90. The number of benzene rings is 2. The Morgan fingerprint density at radius 3 is 2.74 bits per heavy atom. The molecule has 0 atom stereocenters. The van der Waals surface area contributed by atoms with Gasteiger partial charge in [0.25, 0.3) is 0 Å². The first-order chi connectivity index (χ1) is 11.2. The van der Waals surface area contributed by atoms with Gasteiger partial charge in [-0.05, 0) is 22.4 Å². The van der Waals surface area contributed by atoms with Crippen molar-refractivity contribution in [2.75, 3.05) is 19.8 Å². The van der Waals surface area contributed by atoms with Crippen molar-refractivity contribution in [2.45, 2.75) is 18.4 Å². The molecule has 0 saturated carbocycles. The van der Waals surface area contributed by atoms with Crippen LogP contribution in [0.15, 0.2) is 48.5 Å². The predicted molar refractivity (Wildman–Crippen MR) is 91.0 cm³/mol. The van der Waals surface area contributed by atoms with Crippen LogP contribution in [0.5, 0.6) is 0 Å². The molecule has 0 aliphatic carbocycles. The van der Waals surface area contributed by atoms with Crippen LogP contribution in [0.3, 0.4) is 0 Å². The van der Waals surface area contributed by atoms with E-state index in [9.17, 15) is 9.90 Å². The van der Waals surface area contributed by atoms with Gasteiger partial charge in [0.1, 0.15) is 0 Å². The van der Waals surface area contributed by atoms with E-state index in [4.69, 9.17) is 4.74 Å². The van der Waals surface area contributed by atoms with Crippen LogP contribution < -0.4 is 5.32 Å². The van der Waals surface area contributed by atoms with Gasteiger partial charge in [-0.15, -0.1) is 0 Å². The second-order valence-corrected chi connectivity index (χ2v) is 5.96. The van der Waals surface area contributed by atoms with Gasteiger partial charge < -0.3 is 15.2 Å². The highest BCUT2D eigenvalue weighted by molar-refractivity contribution is 5.96. The average Bonchev–Trinajstić information content (AvgIpc) is 2.59. The largest absolute Gasteiger partial charge is 0.388 e. The molecule has 1 saturated heterocycles. The average molecular weight is 311 g/mol. The first kappa shape index (κ1) is 15.7. The first-order valence-electron chi connectivity index (χ1n) is 7.90. The van der Waals surface area contributed by atoms with Crippen molar-refractivity contribution >= 4 is 22.8 Å². The quantitative estimate of drug-likeness (QED) is 0.853. The molecule has 3 rings (SSSR count). The van der Waals surface area contributed by atoms with Crippen LogP contribution in [0.4, 0.5) is 0 Å². The summed E-state index contributed by atoms with van der Waals surface area (Å²) in [6.45, 7) is 1.34. The smallest absolute Gasteiger partial charge is 0.244 e. The van der Waals surface area contributed by atoms with Crippen LogP contribution >= 0.6 is 0 Å². The summed E-state index contributed by atoms with van der Waals surface area (Å²) in [6.07, 6.45) is 4.44. The van der Waals surface area contributed by atoms with Crippen molar-refractivity contribution in [1.29, 1.82) is 0 Å². The maximum Gasteiger partial charge on any atom is 0.244 e. The molecule has 4 nitrogen and oxygen atoms in total. The van der Waals surface area contributed by atoms with Crippen LogP contribution in [-0.4, -0.2) is 36.4 Å². The summed E-state index contributed by atoms with van der Waals surface area (Å²) in [7, 11) is 0. The Morgan fingerprint density at radius 1 is 1.17 bits per heavy atom. The molecule has 2 aromatic carbocycles. The number of aliphatic hydroxyl groups is 1. The van der Waals surface area contributed by atoms with Gasteiger partial charge in [-0.1, -0.05) is 42.5 Å². The lowest BCUT2D eigenvalue weighted by Crippen LogP contribution is -2.46. The molecule has 0 radical (unpaired) electrons. The summed E-state index contributed by atoms with van der Waals surface area (Å²) in [5.41, 5.74) is 0.157. The van der Waals surface area contributed by atoms with Crippen LogP contribution in [0.1, 0.15) is 18.4 Å². The van der Waals surface area contributed by atoms with E-state index >= 15 is 0 Å². The highest BCUT2D eigenvalue weighted by Gasteiger charge is 2.29. The lowest BCUT2D eigenvalue weighted by molar-refractivity contribution is -0.119. The van der Waals surface area contributed by atoms with Crippen LogP contribution in [0.2, 0.25) is 0 Å². The Morgan fingerprint density at radius 2 is 1.91 bits per heavy atom. The fourth-order valence-electron chi connectivity index (χ4n) is 2.80. The van der Waals surface area contributed by atoms with E-state index in [1.807, 2.05) is 48.5 Å². The van der Waals surface area contributed by atoms with Crippen LogP contribution in [0.25, 0.3) is 16.8 Å². The Bertz CT molecular complexity index is 712. The molecule has 1 aliphatic rings. The van der Waals surface area contributed by atoms with Crippen molar-refractivity contribution in [2.24, 2.45) is 0 Å². The van der Waals surface area contributed by atoms with Gasteiger partial charge in [-0.3, -0.25) is 4.79 Å². The fraction of sp³-hybridized carbons (Fsp3) is 0.316. The molecule has 2 aromatic rings. The second-order valence-electron chi connectivity index (χ2n) is 5.96. The van der Waals surface area contributed by atoms with E-state index in [1.54, 1.807) is 0 Å². The van der Waals surface area contributed by atoms with Gasteiger partial charge in [-0.25, -0.2) is 0 Å². The minimum Gasteiger partial charge on any atom is -0.388 e. The normalized spacial score (nSPS) is 17.4. The van der Waals surface area contributed by atoms with E-state index in [1.165, 1.54) is 6.08 Å². The molecule has 0 unspecified atom stereocenters. The summed E-state index contributed by atoms with van der Waals surface area (Å²) in [5, 5.41) is 15.4. The zero-order chi connectivity index (χ0) is 16.1. The van der Waals surface area contributed by atoms with E-state index < -0.39 is 5.60 Å². The molecule has 0 bridgehead atoms. The molecule has 23 heavy (non-hydrogen) atoms. The lowest BCUT2D eigenvalue weighted by atomic mass is 9.94. The van der Waals surface area contributed by atoms with Crippen molar-refractivity contribution in [3.8, 4) is 0 Å². The van der Waals surface area contributed by atoms with Gasteiger partial charge in [0.05, 0.1) is 5.60 Å². The summed E-state index contributed by atoms with van der Waals surface area (Å²) in [4.78, 5) is 12.0. The number of hydrogen-bond acceptors (Lipinski definition) is 3. The third-order valence-corrected chi connectivity index (χ3v) is 4.25. The van der Waals surface area contributed by atoms with E-state index in [-0.39, 0.29) is 12.5 Å². The Hall–Kier alpha value is -2.17. The number of rotatable bonds is 4. The number of amides is 1. The minimum absolute atomic E-state index is 0.196. The molecule has 1 amide bonds. The number of nitrogens with one attached hydrogen (secondary N) is 1. The van der Waals surface area contributed by atoms with Crippen molar-refractivity contribution in [1.82, 2.24) is 5.32 Å². The maximum atomic E-state index is 12.0. The maximum absolute atomic E-state index is 12.0. The van der Waals surface area contributed by atoms with Gasteiger partial charge >= 0.3 is 0 Å². The van der Waals surface area contributed by atoms with Crippen molar-refractivity contribution in [3.63, 3.8) is 0 Å². The number of ether oxygens (including phenoxy) is 1. The molecule has 4 heteroatoms. The Kier molecular flexibility index (Phi) is 4.74. The van der Waals surface area contributed by atoms with Gasteiger partial charge in [0, 0.05) is 38.7 Å². The molecular formula is C19H21NO3. The molecule has 1 aliphatic heterocycles. The summed E-state index contributed by atoms with van der Waals surface area (Å²) in [5.74, 6) is -0.196. The molecular weight excluding hydrogens is 290 g/mol. The van der Waals surface area contributed by atoms with Gasteiger partial charge in [0.15, 0.2) is 0 Å². The second kappa shape index (κ2) is 6.94. The monoisotopic (exact) mass is 311 g/mol. The molecule has 2 N–H and O–H groups in total. The molecule has 1 fully saturated rings. The Labute approximate surface area is 135 Å². The highest BCUT2D eigenvalue weighted by atomic mass is 16.5. The molecule has 0 spiro atoms. The number of carbonyl (C=O) groups is 1. The molecule has 120 valence electrons. The zero-order valence-corrected chi connectivity index (χ0v) is 13.0. The summed E-state index contributed by atoms with van der Waals surface area (Å²) in [6, 6.07) is 14.1. The molecule has 0 aromatic heterocycles. The SMILES string of the molecule is O=C(C=Cc1cccc2ccccc12)NCC1(O)CCOCC1. The Balaban J connectivity index is 1.64.